The maximum Gasteiger partial charge on any atom is 0.185 e. The minimum absolute atomic E-state index is 0.1000. The number of ether oxygens (including phenoxy) is 2. The number of rotatable bonds is 32. The molecule has 12 aromatic rings. The number of aromatic nitrogens is 6. The Bertz CT molecular complexity index is 4500. The molecule has 0 fully saturated rings. The molecular weight excluding hydrogens is 1540 g/mol. The fourth-order valence-electron chi connectivity index (χ4n) is 13.5. The Kier molecular flexibility index (Phi) is 23.8. The Morgan fingerprint density at radius 2 is 0.738 bits per heavy atom. The maximum absolute atomic E-state index is 13.4. The highest BCUT2D eigenvalue weighted by Crippen LogP contribution is 2.55. The van der Waals surface area contributed by atoms with E-state index in [0.717, 1.165) is 88.8 Å². The van der Waals surface area contributed by atoms with Crippen LogP contribution in [0.3, 0.4) is 0 Å². The van der Waals surface area contributed by atoms with Crippen molar-refractivity contribution in [3.05, 3.63) is 329 Å². The van der Waals surface area contributed by atoms with Crippen molar-refractivity contribution in [3.63, 3.8) is 0 Å². The molecule has 1 aliphatic rings. The molecule has 0 atom stereocenters. The second-order valence-corrected chi connectivity index (χ2v) is 29.7. The summed E-state index contributed by atoms with van der Waals surface area (Å²) in [5.74, 6) is 1.07. The molecule has 13 rings (SSSR count). The molecule has 1 aliphatic carbocycles. The lowest BCUT2D eigenvalue weighted by molar-refractivity contribution is 0.103. The van der Waals surface area contributed by atoms with Crippen molar-refractivity contribution in [1.82, 2.24) is 30.0 Å². The number of hydrogen-bond acceptors (Lipinski definition) is 10. The number of anilines is 6. The summed E-state index contributed by atoms with van der Waals surface area (Å²) in [5, 5.41) is 18.2. The first-order valence-electron chi connectivity index (χ1n) is 35.1. The van der Waals surface area contributed by atoms with Gasteiger partial charge in [-0.1, -0.05) is 212 Å². The van der Waals surface area contributed by atoms with E-state index in [1.807, 2.05) is 131 Å². The number of hydrogen-bond donors (Lipinski definition) is 0. The molecule has 103 heavy (non-hydrogen) atoms. The Morgan fingerprint density at radius 3 is 1.07 bits per heavy atom. The number of carbonyl (C=O) groups is 2. The van der Waals surface area contributed by atoms with E-state index in [-0.39, 0.29) is 30.2 Å². The van der Waals surface area contributed by atoms with E-state index < -0.39 is 0 Å². The van der Waals surface area contributed by atoms with Crippen LogP contribution in [0.5, 0.6) is 11.5 Å². The molecule has 0 spiro atoms. The van der Waals surface area contributed by atoms with E-state index in [2.05, 4.69) is 217 Å². The van der Waals surface area contributed by atoms with Crippen LogP contribution in [-0.2, 0) is 31.7 Å². The van der Waals surface area contributed by atoms with Crippen molar-refractivity contribution >= 4 is 122 Å². The number of benzene rings is 10. The minimum atomic E-state index is -0.149. The topological polar surface area (TPSA) is 121 Å². The fraction of sp³-hybridized carbons (Fsp3) is 0.195. The van der Waals surface area contributed by atoms with E-state index in [4.69, 9.17) is 9.47 Å². The summed E-state index contributed by atoms with van der Waals surface area (Å²) < 4.78 is 20.3. The van der Waals surface area contributed by atoms with Crippen molar-refractivity contribution in [1.29, 1.82) is 0 Å². The van der Waals surface area contributed by atoms with Gasteiger partial charge in [-0.15, -0.1) is 10.2 Å². The predicted molar refractivity (Wildman–Crippen MR) is 430 cm³/mol. The highest BCUT2D eigenvalue weighted by Gasteiger charge is 2.42. The fourth-order valence-corrected chi connectivity index (χ4v) is 14.6. The summed E-state index contributed by atoms with van der Waals surface area (Å²) in [6, 6.07) is 77.8. The van der Waals surface area contributed by atoms with Crippen molar-refractivity contribution in [2.45, 2.75) is 110 Å². The molecule has 0 bridgehead atoms. The number of ketones is 2. The molecule has 16 heteroatoms. The highest BCUT2D eigenvalue weighted by molar-refractivity contribution is 9.11. The molecule has 0 saturated carbocycles. The van der Waals surface area contributed by atoms with Crippen LogP contribution in [0.2, 0.25) is 0 Å². The average molecular weight is 1620 g/mol. The SMILES string of the molecule is CCCCCCC1(CCCCCC)c2cc(Cn3cc(COc4ccc(C(=O)/C=C/c5ccc(N(c6ccc(Br)cc6)c6ccc(Br)cc6)cc5)cc4)nn3)ccc2-c2ccc(Cn3cc(COc4ccc(C(=O)/C=C/c5ccc(N(c6ccc(Br)cc6)c6ccc(Br)cc6)cc5)cc4)nn3)cc21. The van der Waals surface area contributed by atoms with Gasteiger partial charge < -0.3 is 19.3 Å². The van der Waals surface area contributed by atoms with Gasteiger partial charge in [-0.25, -0.2) is 9.36 Å². The van der Waals surface area contributed by atoms with Gasteiger partial charge >= 0.3 is 0 Å². The second kappa shape index (κ2) is 34.1. The molecule has 0 amide bonds. The Labute approximate surface area is 636 Å². The molecule has 0 saturated heterocycles. The van der Waals surface area contributed by atoms with Gasteiger partial charge in [0.05, 0.1) is 25.5 Å². The van der Waals surface area contributed by atoms with Crippen LogP contribution in [-0.4, -0.2) is 41.6 Å². The number of allylic oxidation sites excluding steroid dienone is 2. The molecule has 2 heterocycles. The van der Waals surface area contributed by atoms with Crippen LogP contribution in [0, 0.1) is 0 Å². The number of halogens is 4. The van der Waals surface area contributed by atoms with Crippen LogP contribution in [0.25, 0.3) is 23.3 Å². The zero-order valence-corrected chi connectivity index (χ0v) is 63.9. The first kappa shape index (κ1) is 71.8. The summed E-state index contributed by atoms with van der Waals surface area (Å²) in [6.07, 6.45) is 22.5. The van der Waals surface area contributed by atoms with Gasteiger partial charge in [0, 0.05) is 68.6 Å². The zero-order valence-electron chi connectivity index (χ0n) is 57.5. The third-order valence-electron chi connectivity index (χ3n) is 18.8. The van der Waals surface area contributed by atoms with Crippen LogP contribution >= 0.6 is 63.7 Å². The standard InChI is InChI=1S/C87H78Br4N8O4/c1-3-5-7-9-51-87(52-10-8-6-4-2)83-53-63(55-96-57-71(92-94-96)59-102-79-43-19-65(20-44-79)85(100)49-17-61-11-31-73(32-12-61)98(75-35-23-67(88)24-36-75)76-37-25-68(89)26-38-76)15-47-81(83)82-48-16-64(54-84(82)87)56-97-58-72(93-95-97)60-103-80-45-21-66(22-46-80)86(101)50-18-62-13-33-74(34-14-62)99(77-39-27-69(90)28-40-77)78-41-29-70(91)30-42-78/h11-50,53-54,57-58H,3-10,51-52,55-56,59-60H2,1-2H3/b49-17+,50-18+. The summed E-state index contributed by atoms with van der Waals surface area (Å²) in [4.78, 5) is 31.2. The normalized spacial score (nSPS) is 12.2. The van der Waals surface area contributed by atoms with Gasteiger partial charge in [0.1, 0.15) is 36.1 Å². The van der Waals surface area contributed by atoms with Gasteiger partial charge in [-0.05, 0) is 239 Å². The van der Waals surface area contributed by atoms with Gasteiger partial charge in [-0.3, -0.25) is 9.59 Å². The lowest BCUT2D eigenvalue weighted by Crippen LogP contribution is -2.26. The van der Waals surface area contributed by atoms with Crippen molar-refractivity contribution in [2.24, 2.45) is 0 Å². The Balaban J connectivity index is 0.623. The molecule has 518 valence electrons. The van der Waals surface area contributed by atoms with E-state index in [1.54, 1.807) is 36.4 Å². The smallest absolute Gasteiger partial charge is 0.185 e. The van der Waals surface area contributed by atoms with E-state index in [0.29, 0.717) is 47.1 Å². The summed E-state index contributed by atoms with van der Waals surface area (Å²) in [6.45, 7) is 6.16. The van der Waals surface area contributed by atoms with Crippen molar-refractivity contribution in [3.8, 4) is 22.6 Å². The van der Waals surface area contributed by atoms with Gasteiger partial charge in [0.2, 0.25) is 0 Å². The summed E-state index contributed by atoms with van der Waals surface area (Å²) in [7, 11) is 0. The molecule has 0 radical (unpaired) electrons. The van der Waals surface area contributed by atoms with Gasteiger partial charge in [-0.2, -0.15) is 0 Å². The van der Waals surface area contributed by atoms with Crippen LogP contribution < -0.4 is 19.3 Å². The first-order chi connectivity index (χ1) is 50.3. The maximum atomic E-state index is 13.4. The Hall–Kier alpha value is -9.58. The molecule has 0 unspecified atom stereocenters. The van der Waals surface area contributed by atoms with Crippen molar-refractivity contribution < 1.29 is 19.1 Å². The van der Waals surface area contributed by atoms with Crippen LogP contribution in [0.4, 0.5) is 34.1 Å². The van der Waals surface area contributed by atoms with Gasteiger partial charge in [0.15, 0.2) is 11.6 Å². The van der Waals surface area contributed by atoms with Gasteiger partial charge in [0.25, 0.3) is 0 Å². The zero-order chi connectivity index (χ0) is 71.1. The van der Waals surface area contributed by atoms with E-state index in [9.17, 15) is 9.59 Å². The lowest BCUT2D eigenvalue weighted by Gasteiger charge is -2.33. The minimum Gasteiger partial charge on any atom is -0.487 e. The largest absolute Gasteiger partial charge is 0.487 e. The molecule has 12 nitrogen and oxygen atoms in total. The van der Waals surface area contributed by atoms with E-state index >= 15 is 0 Å². The quantitative estimate of drug-likeness (QED) is 0.0229. The lowest BCUT2D eigenvalue weighted by atomic mass is 9.70. The van der Waals surface area contributed by atoms with Crippen LogP contribution in [0.15, 0.2) is 273 Å². The number of carbonyl (C=O) groups excluding carboxylic acids is 2. The third-order valence-corrected chi connectivity index (χ3v) is 20.9. The predicted octanol–water partition coefficient (Wildman–Crippen LogP) is 24.1. The summed E-state index contributed by atoms with van der Waals surface area (Å²) in [5.41, 5.74) is 18.1. The van der Waals surface area contributed by atoms with E-state index in [1.165, 1.54) is 71.9 Å². The monoisotopic (exact) mass is 1610 g/mol. The molecule has 0 N–H and O–H groups in total. The first-order valence-corrected chi connectivity index (χ1v) is 38.3. The number of unbranched alkanes of at least 4 members (excludes halogenated alkanes) is 6. The highest BCUT2D eigenvalue weighted by atomic mass is 79.9. The van der Waals surface area contributed by atoms with Crippen LogP contribution in [0.1, 0.15) is 144 Å². The third kappa shape index (κ3) is 18.1. The molecule has 0 aliphatic heterocycles. The molecular formula is C87H78Br4N8O4. The Morgan fingerprint density at radius 1 is 0.408 bits per heavy atom. The molecule has 2 aromatic heterocycles. The summed E-state index contributed by atoms with van der Waals surface area (Å²) >= 11 is 14.3. The number of fused-ring (bicyclic) bond motifs is 3. The number of nitrogens with zero attached hydrogens (tertiary/aromatic N) is 8. The molecule has 10 aromatic carbocycles. The van der Waals surface area contributed by atoms with Crippen molar-refractivity contribution in [2.75, 3.05) is 9.80 Å². The second-order valence-electron chi connectivity index (χ2n) is 26.1. The average Bonchev–Trinajstić information content (AvgIpc) is 1.56.